The van der Waals surface area contributed by atoms with Crippen molar-refractivity contribution in [2.45, 2.75) is 19.2 Å². The van der Waals surface area contributed by atoms with Crippen LogP contribution in [-0.2, 0) is 13.1 Å². The van der Waals surface area contributed by atoms with E-state index in [2.05, 4.69) is 28.8 Å². The molecule has 1 N–H and O–H groups in total. The van der Waals surface area contributed by atoms with Crippen LogP contribution in [0.1, 0.15) is 10.4 Å². The molecule has 0 aliphatic rings. The van der Waals surface area contributed by atoms with E-state index in [1.807, 2.05) is 59.3 Å². The van der Waals surface area contributed by atoms with Gasteiger partial charge in [-0.2, -0.15) is 0 Å². The third-order valence-corrected chi connectivity index (χ3v) is 5.43. The van der Waals surface area contributed by atoms with E-state index in [4.69, 9.17) is 0 Å². The standard InChI is InChI=1S/C24H20N2O2/c27-16-17-13-25(22-10-4-1-7-19(17)22)14-18(28)15-26-23-11-5-2-8-20(23)21-9-3-6-12-24(21)26/h1-13,16,18,28H,14-15H2. The highest BCUT2D eigenvalue weighted by Gasteiger charge is 2.15. The van der Waals surface area contributed by atoms with Gasteiger partial charge in [-0.05, 0) is 18.2 Å². The molecule has 28 heavy (non-hydrogen) atoms. The second kappa shape index (κ2) is 6.66. The van der Waals surface area contributed by atoms with E-state index in [-0.39, 0.29) is 0 Å². The number of rotatable bonds is 5. The Kier molecular flexibility index (Phi) is 3.99. The number of carbonyl (C=O) groups is 1. The van der Waals surface area contributed by atoms with Crippen LogP contribution >= 0.6 is 0 Å². The second-order valence-corrected chi connectivity index (χ2v) is 7.17. The van der Waals surface area contributed by atoms with Crippen molar-refractivity contribution in [3.8, 4) is 0 Å². The van der Waals surface area contributed by atoms with Crippen molar-refractivity contribution < 1.29 is 9.90 Å². The molecule has 0 radical (unpaired) electrons. The summed E-state index contributed by atoms with van der Waals surface area (Å²) in [7, 11) is 0. The van der Waals surface area contributed by atoms with Crippen LogP contribution in [0.15, 0.2) is 79.0 Å². The minimum absolute atomic E-state index is 0.426. The van der Waals surface area contributed by atoms with Gasteiger partial charge in [0.05, 0.1) is 19.2 Å². The highest BCUT2D eigenvalue weighted by molar-refractivity contribution is 6.08. The molecular weight excluding hydrogens is 348 g/mol. The van der Waals surface area contributed by atoms with Gasteiger partial charge in [0.2, 0.25) is 0 Å². The van der Waals surface area contributed by atoms with Crippen molar-refractivity contribution in [3.63, 3.8) is 0 Å². The Balaban J connectivity index is 1.53. The van der Waals surface area contributed by atoms with Crippen LogP contribution in [0.5, 0.6) is 0 Å². The quantitative estimate of drug-likeness (QED) is 0.460. The first-order chi connectivity index (χ1) is 13.8. The molecule has 1 unspecified atom stereocenters. The largest absolute Gasteiger partial charge is 0.389 e. The Bertz CT molecular complexity index is 1260. The van der Waals surface area contributed by atoms with Gasteiger partial charge in [0.1, 0.15) is 0 Å². The first-order valence-corrected chi connectivity index (χ1v) is 9.43. The Morgan fingerprint density at radius 3 is 1.89 bits per heavy atom. The number of nitrogens with zero attached hydrogens (tertiary/aromatic N) is 2. The molecule has 3 aromatic carbocycles. The summed E-state index contributed by atoms with van der Waals surface area (Å²) < 4.78 is 4.15. The van der Waals surface area contributed by atoms with E-state index in [9.17, 15) is 9.90 Å². The summed E-state index contributed by atoms with van der Waals surface area (Å²) in [5.41, 5.74) is 3.85. The maximum absolute atomic E-state index is 11.4. The minimum Gasteiger partial charge on any atom is -0.389 e. The number of para-hydroxylation sites is 3. The van der Waals surface area contributed by atoms with Gasteiger partial charge in [0.15, 0.2) is 6.29 Å². The van der Waals surface area contributed by atoms with Gasteiger partial charge < -0.3 is 14.2 Å². The molecule has 0 saturated heterocycles. The van der Waals surface area contributed by atoms with Crippen LogP contribution in [0, 0.1) is 0 Å². The molecule has 5 rings (SSSR count). The molecule has 2 heterocycles. The van der Waals surface area contributed by atoms with Crippen LogP contribution in [0.3, 0.4) is 0 Å². The zero-order valence-electron chi connectivity index (χ0n) is 15.3. The zero-order chi connectivity index (χ0) is 19.1. The van der Waals surface area contributed by atoms with Crippen LogP contribution in [-0.4, -0.2) is 26.6 Å². The van der Waals surface area contributed by atoms with Crippen LogP contribution in [0.25, 0.3) is 32.7 Å². The lowest BCUT2D eigenvalue weighted by Crippen LogP contribution is -2.21. The van der Waals surface area contributed by atoms with E-state index in [1.54, 1.807) is 0 Å². The van der Waals surface area contributed by atoms with E-state index in [0.29, 0.717) is 18.7 Å². The molecule has 0 aliphatic carbocycles. The third kappa shape index (κ3) is 2.62. The van der Waals surface area contributed by atoms with Gasteiger partial charge in [-0.3, -0.25) is 4.79 Å². The normalized spacial score (nSPS) is 12.8. The van der Waals surface area contributed by atoms with E-state index in [0.717, 1.165) is 28.2 Å². The average Bonchev–Trinajstić information content (AvgIpc) is 3.25. The Morgan fingerprint density at radius 2 is 1.29 bits per heavy atom. The lowest BCUT2D eigenvalue weighted by molar-refractivity contribution is 0.112. The number of aliphatic hydroxyl groups is 1. The fourth-order valence-electron chi connectivity index (χ4n) is 4.22. The molecule has 2 aromatic heterocycles. The Labute approximate surface area is 162 Å². The summed E-state index contributed by atoms with van der Waals surface area (Å²) in [6, 6.07) is 24.4. The molecule has 0 spiro atoms. The van der Waals surface area contributed by atoms with Crippen molar-refractivity contribution >= 4 is 39.0 Å². The number of aldehydes is 1. The summed E-state index contributed by atoms with van der Waals surface area (Å²) in [6.07, 6.45) is 2.11. The van der Waals surface area contributed by atoms with Gasteiger partial charge in [0, 0.05) is 44.5 Å². The van der Waals surface area contributed by atoms with Crippen molar-refractivity contribution in [1.82, 2.24) is 9.13 Å². The Hall–Kier alpha value is -3.37. The molecular formula is C24H20N2O2. The van der Waals surface area contributed by atoms with Crippen molar-refractivity contribution in [1.29, 1.82) is 0 Å². The molecule has 0 amide bonds. The fraction of sp³-hybridized carbons (Fsp3) is 0.125. The first kappa shape index (κ1) is 16.8. The summed E-state index contributed by atoms with van der Waals surface area (Å²) in [5, 5.41) is 14.2. The number of fused-ring (bicyclic) bond motifs is 4. The van der Waals surface area contributed by atoms with Crippen LogP contribution < -0.4 is 0 Å². The number of aliphatic hydroxyl groups excluding tert-OH is 1. The summed E-state index contributed by atoms with van der Waals surface area (Å²) in [5.74, 6) is 0. The SMILES string of the molecule is O=Cc1cn(CC(O)Cn2c3ccccc3c3ccccc32)c2ccccc12. The molecule has 0 saturated carbocycles. The molecule has 1 atom stereocenters. The number of aromatic nitrogens is 2. The summed E-state index contributed by atoms with van der Waals surface area (Å²) >= 11 is 0. The summed E-state index contributed by atoms with van der Waals surface area (Å²) in [4.78, 5) is 11.4. The van der Waals surface area contributed by atoms with Crippen molar-refractivity contribution in [3.05, 3.63) is 84.6 Å². The predicted molar refractivity (Wildman–Crippen MR) is 113 cm³/mol. The van der Waals surface area contributed by atoms with E-state index >= 15 is 0 Å². The summed E-state index contributed by atoms with van der Waals surface area (Å²) in [6.45, 7) is 0.909. The molecule has 4 nitrogen and oxygen atoms in total. The van der Waals surface area contributed by atoms with Gasteiger partial charge >= 0.3 is 0 Å². The van der Waals surface area contributed by atoms with Gasteiger partial charge in [-0.1, -0.05) is 54.6 Å². The smallest absolute Gasteiger partial charge is 0.152 e. The highest BCUT2D eigenvalue weighted by atomic mass is 16.3. The predicted octanol–water partition coefficient (Wildman–Crippen LogP) is 4.62. The molecule has 138 valence electrons. The number of hydrogen-bond acceptors (Lipinski definition) is 2. The lowest BCUT2D eigenvalue weighted by atomic mass is 10.2. The molecule has 0 aliphatic heterocycles. The second-order valence-electron chi connectivity index (χ2n) is 7.17. The van der Waals surface area contributed by atoms with Crippen LogP contribution in [0.2, 0.25) is 0 Å². The monoisotopic (exact) mass is 368 g/mol. The van der Waals surface area contributed by atoms with Gasteiger partial charge in [0.25, 0.3) is 0 Å². The van der Waals surface area contributed by atoms with E-state index < -0.39 is 6.10 Å². The number of benzene rings is 3. The zero-order valence-corrected chi connectivity index (χ0v) is 15.3. The topological polar surface area (TPSA) is 47.2 Å². The number of carbonyl (C=O) groups excluding carboxylic acids is 1. The Morgan fingerprint density at radius 1 is 0.750 bits per heavy atom. The number of hydrogen-bond donors (Lipinski definition) is 1. The van der Waals surface area contributed by atoms with Gasteiger partial charge in [-0.15, -0.1) is 0 Å². The highest BCUT2D eigenvalue weighted by Crippen LogP contribution is 2.29. The minimum atomic E-state index is -0.588. The van der Waals surface area contributed by atoms with Crippen LogP contribution in [0.4, 0.5) is 0 Å². The first-order valence-electron chi connectivity index (χ1n) is 9.43. The molecule has 4 heteroatoms. The third-order valence-electron chi connectivity index (χ3n) is 5.43. The molecule has 0 bridgehead atoms. The van der Waals surface area contributed by atoms with Crippen molar-refractivity contribution in [2.24, 2.45) is 0 Å². The maximum Gasteiger partial charge on any atom is 0.152 e. The van der Waals surface area contributed by atoms with E-state index in [1.165, 1.54) is 10.8 Å². The maximum atomic E-state index is 11.4. The lowest BCUT2D eigenvalue weighted by Gasteiger charge is -2.15. The average molecular weight is 368 g/mol. The van der Waals surface area contributed by atoms with Crippen molar-refractivity contribution in [2.75, 3.05) is 0 Å². The fourth-order valence-corrected chi connectivity index (χ4v) is 4.22. The van der Waals surface area contributed by atoms with Gasteiger partial charge in [-0.25, -0.2) is 0 Å². The molecule has 0 fully saturated rings. The molecule has 5 aromatic rings.